The van der Waals surface area contributed by atoms with Gasteiger partial charge in [0.15, 0.2) is 0 Å². The number of piperidine rings is 1. The minimum atomic E-state index is -0.758. The van der Waals surface area contributed by atoms with Gasteiger partial charge in [-0.2, -0.15) is 0 Å². The smallest absolute Gasteiger partial charge is 0.404 e. The Morgan fingerprint density at radius 3 is 2.55 bits per heavy atom. The molecule has 1 aliphatic rings. The van der Waals surface area contributed by atoms with Crippen molar-refractivity contribution in [2.45, 2.75) is 25.4 Å². The maximum absolute atomic E-state index is 12.7. The number of nitrogens with one attached hydrogen (secondary N) is 1. The van der Waals surface area contributed by atoms with Gasteiger partial charge in [0.25, 0.3) is 5.91 Å². The third kappa shape index (κ3) is 7.27. The highest BCUT2D eigenvalue weighted by Crippen LogP contribution is 2.29. The fourth-order valence-electron chi connectivity index (χ4n) is 4.09. The molecule has 0 saturated carbocycles. The number of anilines is 1. The van der Waals surface area contributed by atoms with E-state index < -0.39 is 6.09 Å². The Kier molecular flexibility index (Phi) is 8.79. The summed E-state index contributed by atoms with van der Waals surface area (Å²) < 4.78 is 10.6. The number of likely N-dealkylation sites (tertiary alicyclic amines) is 1. The second-order valence-electron chi connectivity index (χ2n) is 8.28. The Balaban J connectivity index is 1.48. The van der Waals surface area contributed by atoms with Gasteiger partial charge in [-0.05, 0) is 43.5 Å². The molecule has 1 unspecified atom stereocenters. The maximum Gasteiger partial charge on any atom is 0.404 e. The molecule has 3 rings (SSSR count). The lowest BCUT2D eigenvalue weighted by molar-refractivity contribution is 0.0639. The summed E-state index contributed by atoms with van der Waals surface area (Å²) in [5, 5.41) is 3.30. The molecule has 0 aliphatic carbocycles. The SMILES string of the molecule is COc1cc(N)c(Cl)cc1C(=O)NCC1CCN(CC(Cc2ccccc2)OC(N)=O)CC1. The number of ether oxygens (including phenoxy) is 2. The predicted octanol–water partition coefficient (Wildman–Crippen LogP) is 3.08. The van der Waals surface area contributed by atoms with E-state index in [1.807, 2.05) is 30.3 Å². The van der Waals surface area contributed by atoms with Gasteiger partial charge in [0.1, 0.15) is 11.9 Å². The van der Waals surface area contributed by atoms with Gasteiger partial charge in [0.2, 0.25) is 0 Å². The second kappa shape index (κ2) is 11.8. The van der Waals surface area contributed by atoms with Crippen LogP contribution < -0.4 is 21.5 Å². The molecular formula is C24H31ClN4O4. The van der Waals surface area contributed by atoms with Crippen LogP contribution in [0.15, 0.2) is 42.5 Å². The number of carbonyl (C=O) groups excluding carboxylic acids is 2. The molecular weight excluding hydrogens is 444 g/mol. The van der Waals surface area contributed by atoms with E-state index in [0.29, 0.717) is 47.5 Å². The minimum Gasteiger partial charge on any atom is -0.496 e. The molecule has 0 radical (unpaired) electrons. The number of benzene rings is 2. The lowest BCUT2D eigenvalue weighted by Gasteiger charge is -2.34. The zero-order chi connectivity index (χ0) is 23.8. The lowest BCUT2D eigenvalue weighted by atomic mass is 9.96. The molecule has 8 nitrogen and oxygen atoms in total. The van der Waals surface area contributed by atoms with Crippen molar-refractivity contribution in [1.82, 2.24) is 10.2 Å². The van der Waals surface area contributed by atoms with Crippen molar-refractivity contribution in [2.75, 3.05) is 39.0 Å². The minimum absolute atomic E-state index is 0.242. The maximum atomic E-state index is 12.7. The molecule has 0 aromatic heterocycles. The fraction of sp³-hybridized carbons (Fsp3) is 0.417. The first-order chi connectivity index (χ1) is 15.9. The Labute approximate surface area is 199 Å². The number of primary amides is 1. The van der Waals surface area contributed by atoms with E-state index in [0.717, 1.165) is 31.5 Å². The monoisotopic (exact) mass is 474 g/mol. The zero-order valence-corrected chi connectivity index (χ0v) is 19.5. The lowest BCUT2D eigenvalue weighted by Crippen LogP contribution is -2.43. The van der Waals surface area contributed by atoms with Crippen LogP contribution in [0.4, 0.5) is 10.5 Å². The Morgan fingerprint density at radius 2 is 1.91 bits per heavy atom. The number of nitrogens with two attached hydrogens (primary N) is 2. The van der Waals surface area contributed by atoms with E-state index in [4.69, 9.17) is 32.5 Å². The van der Waals surface area contributed by atoms with Crippen LogP contribution in [0, 0.1) is 5.92 Å². The first-order valence-corrected chi connectivity index (χ1v) is 11.4. The third-order valence-electron chi connectivity index (χ3n) is 5.87. The molecule has 1 heterocycles. The van der Waals surface area contributed by atoms with Crippen LogP contribution in [0.5, 0.6) is 5.75 Å². The average Bonchev–Trinajstić information content (AvgIpc) is 2.80. The van der Waals surface area contributed by atoms with Crippen molar-refractivity contribution < 1.29 is 19.1 Å². The number of amides is 2. The number of nitrogen functional groups attached to an aromatic ring is 1. The van der Waals surface area contributed by atoms with E-state index in [-0.39, 0.29) is 12.0 Å². The Bertz CT molecular complexity index is 949. The second-order valence-corrected chi connectivity index (χ2v) is 8.68. The van der Waals surface area contributed by atoms with Gasteiger partial charge in [-0.3, -0.25) is 9.69 Å². The highest BCUT2D eigenvalue weighted by atomic mass is 35.5. The van der Waals surface area contributed by atoms with E-state index in [1.165, 1.54) is 13.2 Å². The number of hydrogen-bond donors (Lipinski definition) is 3. The number of rotatable bonds is 9. The van der Waals surface area contributed by atoms with Crippen molar-refractivity contribution in [2.24, 2.45) is 11.7 Å². The van der Waals surface area contributed by atoms with Gasteiger partial charge in [0.05, 0.1) is 23.4 Å². The zero-order valence-electron chi connectivity index (χ0n) is 18.8. The predicted molar refractivity (Wildman–Crippen MR) is 129 cm³/mol. The van der Waals surface area contributed by atoms with Crippen molar-refractivity contribution in [3.63, 3.8) is 0 Å². The number of nitrogens with zero attached hydrogens (tertiary/aromatic N) is 1. The van der Waals surface area contributed by atoms with Crippen LogP contribution >= 0.6 is 11.6 Å². The summed E-state index contributed by atoms with van der Waals surface area (Å²) in [5.74, 6) is 0.502. The molecule has 0 bridgehead atoms. The van der Waals surface area contributed by atoms with Crippen LogP contribution in [0.2, 0.25) is 5.02 Å². The molecule has 5 N–H and O–H groups in total. The Morgan fingerprint density at radius 1 is 1.21 bits per heavy atom. The van der Waals surface area contributed by atoms with Crippen molar-refractivity contribution in [3.8, 4) is 5.75 Å². The third-order valence-corrected chi connectivity index (χ3v) is 6.20. The highest BCUT2D eigenvalue weighted by molar-refractivity contribution is 6.33. The van der Waals surface area contributed by atoms with Gasteiger partial charge >= 0.3 is 6.09 Å². The van der Waals surface area contributed by atoms with E-state index in [1.54, 1.807) is 6.07 Å². The molecule has 2 amide bonds. The molecule has 1 aliphatic heterocycles. The summed E-state index contributed by atoms with van der Waals surface area (Å²) in [6, 6.07) is 13.0. The topological polar surface area (TPSA) is 120 Å². The van der Waals surface area contributed by atoms with E-state index >= 15 is 0 Å². The summed E-state index contributed by atoms with van der Waals surface area (Å²) in [6.45, 7) is 2.89. The molecule has 2 aromatic rings. The van der Waals surface area contributed by atoms with Crippen molar-refractivity contribution in [3.05, 3.63) is 58.6 Å². The van der Waals surface area contributed by atoms with Gasteiger partial charge < -0.3 is 26.3 Å². The number of halogens is 1. The Hall–Kier alpha value is -2.97. The number of carbonyl (C=O) groups is 2. The van der Waals surface area contributed by atoms with Gasteiger partial charge in [-0.15, -0.1) is 0 Å². The first-order valence-electron chi connectivity index (χ1n) is 11.0. The van der Waals surface area contributed by atoms with Crippen LogP contribution in [0.25, 0.3) is 0 Å². The fourth-order valence-corrected chi connectivity index (χ4v) is 4.26. The number of methoxy groups -OCH3 is 1. The summed E-state index contributed by atoms with van der Waals surface area (Å²) in [4.78, 5) is 26.3. The number of hydrogen-bond acceptors (Lipinski definition) is 6. The summed E-state index contributed by atoms with van der Waals surface area (Å²) in [6.07, 6.45) is 1.41. The largest absolute Gasteiger partial charge is 0.496 e. The van der Waals surface area contributed by atoms with Crippen LogP contribution in [-0.4, -0.2) is 56.3 Å². The molecule has 9 heteroatoms. The molecule has 1 fully saturated rings. The molecule has 2 aromatic carbocycles. The normalized spacial score (nSPS) is 15.6. The summed E-state index contributed by atoms with van der Waals surface area (Å²) in [7, 11) is 1.49. The molecule has 1 saturated heterocycles. The summed E-state index contributed by atoms with van der Waals surface area (Å²) in [5.41, 5.74) is 12.9. The average molecular weight is 475 g/mol. The van der Waals surface area contributed by atoms with E-state index in [9.17, 15) is 9.59 Å². The molecule has 33 heavy (non-hydrogen) atoms. The quantitative estimate of drug-likeness (QED) is 0.480. The summed E-state index contributed by atoms with van der Waals surface area (Å²) >= 11 is 6.07. The van der Waals surface area contributed by atoms with Crippen molar-refractivity contribution >= 4 is 29.3 Å². The standard InChI is InChI=1S/C24H31ClN4O4/c1-32-22-13-21(26)20(25)12-19(22)23(30)28-14-17-7-9-29(10-8-17)15-18(33-24(27)31)11-16-5-3-2-4-6-16/h2-6,12-13,17-18H,7-11,14-15,26H2,1H3,(H2,27,31)(H,28,30). The van der Waals surface area contributed by atoms with E-state index in [2.05, 4.69) is 10.2 Å². The first kappa shape index (κ1) is 24.7. The molecule has 1 atom stereocenters. The van der Waals surface area contributed by atoms with Crippen LogP contribution in [0.3, 0.4) is 0 Å². The van der Waals surface area contributed by atoms with Gasteiger partial charge in [-0.1, -0.05) is 41.9 Å². The van der Waals surface area contributed by atoms with Gasteiger partial charge in [0, 0.05) is 25.6 Å². The molecule has 178 valence electrons. The molecule has 0 spiro atoms. The highest BCUT2D eigenvalue weighted by Gasteiger charge is 2.24. The van der Waals surface area contributed by atoms with Crippen LogP contribution in [-0.2, 0) is 11.2 Å². The van der Waals surface area contributed by atoms with Crippen molar-refractivity contribution in [1.29, 1.82) is 0 Å². The van der Waals surface area contributed by atoms with Gasteiger partial charge in [-0.25, -0.2) is 4.79 Å². The van der Waals surface area contributed by atoms with Crippen LogP contribution in [0.1, 0.15) is 28.8 Å².